The number of aromatic nitrogens is 2. The van der Waals surface area contributed by atoms with Crippen molar-refractivity contribution in [1.82, 2.24) is 9.97 Å². The third-order valence-electron chi connectivity index (χ3n) is 4.47. The molecule has 0 saturated heterocycles. The van der Waals surface area contributed by atoms with Gasteiger partial charge in [0, 0.05) is 22.9 Å². The van der Waals surface area contributed by atoms with E-state index in [9.17, 15) is 9.59 Å². The molecule has 152 valence electrons. The Morgan fingerprint density at radius 3 is 1.90 bits per heavy atom. The van der Waals surface area contributed by atoms with E-state index in [1.54, 1.807) is 73.7 Å². The van der Waals surface area contributed by atoms with Crippen LogP contribution in [0.5, 0.6) is 0 Å². The van der Waals surface area contributed by atoms with Crippen LogP contribution in [-0.4, -0.2) is 21.8 Å². The Morgan fingerprint density at radius 2 is 1.29 bits per heavy atom. The molecule has 31 heavy (non-hydrogen) atoms. The van der Waals surface area contributed by atoms with Gasteiger partial charge in [0.25, 0.3) is 5.91 Å². The number of hydrogen-bond acceptors (Lipinski definition) is 5. The lowest BCUT2D eigenvalue weighted by Gasteiger charge is -2.21. The van der Waals surface area contributed by atoms with Crippen LogP contribution in [0.1, 0.15) is 26.4 Å². The Hall–Kier alpha value is -4.32. The van der Waals surface area contributed by atoms with Crippen LogP contribution < -0.4 is 5.06 Å². The molecule has 6 nitrogen and oxygen atoms in total. The molecule has 4 rings (SSSR count). The van der Waals surface area contributed by atoms with Gasteiger partial charge in [-0.25, -0.2) is 14.8 Å². The zero-order valence-corrected chi connectivity index (χ0v) is 16.8. The van der Waals surface area contributed by atoms with E-state index in [4.69, 9.17) is 4.84 Å². The molecule has 0 aliphatic heterocycles. The van der Waals surface area contributed by atoms with Crippen molar-refractivity contribution in [2.45, 2.75) is 6.92 Å². The van der Waals surface area contributed by atoms with Gasteiger partial charge in [-0.2, -0.15) is 0 Å². The van der Waals surface area contributed by atoms with Gasteiger partial charge in [0.1, 0.15) is 0 Å². The maximum absolute atomic E-state index is 13.3. The predicted octanol–water partition coefficient (Wildman–Crippen LogP) is 4.87. The third-order valence-corrected chi connectivity index (χ3v) is 4.47. The second-order valence-corrected chi connectivity index (χ2v) is 6.77. The van der Waals surface area contributed by atoms with E-state index in [0.29, 0.717) is 22.6 Å². The number of nitrogens with zero attached hydrogens (tertiary/aromatic N) is 3. The van der Waals surface area contributed by atoms with Crippen LogP contribution in [0.2, 0.25) is 0 Å². The summed E-state index contributed by atoms with van der Waals surface area (Å²) >= 11 is 0. The van der Waals surface area contributed by atoms with Gasteiger partial charge in [0.15, 0.2) is 11.6 Å². The van der Waals surface area contributed by atoms with Crippen molar-refractivity contribution < 1.29 is 14.4 Å². The number of rotatable bonds is 4. The largest absolute Gasteiger partial charge is 0.363 e. The molecule has 1 heterocycles. The van der Waals surface area contributed by atoms with Crippen molar-refractivity contribution in [3.05, 3.63) is 114 Å². The topological polar surface area (TPSA) is 72.4 Å². The van der Waals surface area contributed by atoms with Crippen molar-refractivity contribution in [1.29, 1.82) is 0 Å². The molecule has 3 aromatic carbocycles. The van der Waals surface area contributed by atoms with Crippen LogP contribution in [0.25, 0.3) is 11.4 Å². The van der Waals surface area contributed by atoms with E-state index < -0.39 is 11.9 Å². The normalized spacial score (nSPS) is 10.4. The molecule has 0 unspecified atom stereocenters. The summed E-state index contributed by atoms with van der Waals surface area (Å²) in [6.07, 6.45) is 0. The van der Waals surface area contributed by atoms with Gasteiger partial charge in [-0.15, -0.1) is 5.06 Å². The van der Waals surface area contributed by atoms with Gasteiger partial charge < -0.3 is 4.84 Å². The second kappa shape index (κ2) is 9.00. The minimum Gasteiger partial charge on any atom is -0.326 e. The Kier molecular flexibility index (Phi) is 5.80. The summed E-state index contributed by atoms with van der Waals surface area (Å²) in [5, 5.41) is 0.922. The minimum atomic E-state index is -0.664. The van der Waals surface area contributed by atoms with E-state index in [0.717, 1.165) is 10.6 Å². The summed E-state index contributed by atoms with van der Waals surface area (Å²) in [6, 6.07) is 28.1. The van der Waals surface area contributed by atoms with Gasteiger partial charge in [-0.3, -0.25) is 4.79 Å². The summed E-state index contributed by atoms with van der Waals surface area (Å²) in [6.45, 7) is 1.79. The van der Waals surface area contributed by atoms with Crippen LogP contribution in [0.3, 0.4) is 0 Å². The molecule has 0 aliphatic rings. The first-order valence-electron chi connectivity index (χ1n) is 9.70. The van der Waals surface area contributed by atoms with Crippen molar-refractivity contribution in [3.63, 3.8) is 0 Å². The van der Waals surface area contributed by atoms with Crippen LogP contribution in [0.15, 0.2) is 97.1 Å². The maximum atomic E-state index is 13.3. The van der Waals surface area contributed by atoms with Gasteiger partial charge >= 0.3 is 5.97 Å². The van der Waals surface area contributed by atoms with Crippen molar-refractivity contribution in [2.24, 2.45) is 0 Å². The number of anilines is 1. The van der Waals surface area contributed by atoms with Gasteiger partial charge in [0.2, 0.25) is 0 Å². The highest BCUT2D eigenvalue weighted by atomic mass is 16.7. The minimum absolute atomic E-state index is 0.171. The van der Waals surface area contributed by atoms with E-state index in [1.807, 2.05) is 30.3 Å². The molecular formula is C25H19N3O3. The summed E-state index contributed by atoms with van der Waals surface area (Å²) in [7, 11) is 0. The number of hydrogen-bond donors (Lipinski definition) is 0. The number of carbonyl (C=O) groups excluding carboxylic acids is 2. The number of carbonyl (C=O) groups is 2. The fourth-order valence-corrected chi connectivity index (χ4v) is 2.97. The Bertz CT molecular complexity index is 1200. The quantitative estimate of drug-likeness (QED) is 0.450. The molecule has 0 atom stereocenters. The highest BCUT2D eigenvalue weighted by Crippen LogP contribution is 2.22. The lowest BCUT2D eigenvalue weighted by molar-refractivity contribution is 0.0405. The average Bonchev–Trinajstić information content (AvgIpc) is 2.83. The van der Waals surface area contributed by atoms with Gasteiger partial charge in [-0.05, 0) is 31.2 Å². The Morgan fingerprint density at radius 1 is 0.742 bits per heavy atom. The molecule has 0 fully saturated rings. The Labute approximate surface area is 179 Å². The lowest BCUT2D eigenvalue weighted by Crippen LogP contribution is -2.34. The van der Waals surface area contributed by atoms with Gasteiger partial charge in [-0.1, -0.05) is 66.7 Å². The summed E-state index contributed by atoms with van der Waals surface area (Å²) in [4.78, 5) is 40.5. The third kappa shape index (κ3) is 4.64. The molecule has 4 aromatic rings. The highest BCUT2D eigenvalue weighted by molar-refractivity contribution is 6.06. The molecule has 0 radical (unpaired) electrons. The molecule has 1 aromatic heterocycles. The molecular weight excluding hydrogens is 390 g/mol. The van der Waals surface area contributed by atoms with Crippen molar-refractivity contribution >= 4 is 17.7 Å². The first-order valence-corrected chi connectivity index (χ1v) is 9.70. The van der Waals surface area contributed by atoms with E-state index in [2.05, 4.69) is 9.97 Å². The molecule has 0 bridgehead atoms. The summed E-state index contributed by atoms with van der Waals surface area (Å²) in [5.74, 6) is -0.578. The molecule has 1 amide bonds. The molecule has 6 heteroatoms. The summed E-state index contributed by atoms with van der Waals surface area (Å²) < 4.78 is 0. The molecule has 0 spiro atoms. The molecule has 0 saturated carbocycles. The van der Waals surface area contributed by atoms with Crippen molar-refractivity contribution in [3.8, 4) is 11.4 Å². The zero-order chi connectivity index (χ0) is 21.6. The summed E-state index contributed by atoms with van der Waals surface area (Å²) in [5.41, 5.74) is 2.10. The standard InChI is InChI=1S/C25H19N3O3/c1-18-17-22(27-23(26-18)19-11-5-2-6-12-19)28(24(29)20-13-7-3-8-14-20)31-25(30)21-15-9-4-10-16-21/h2-17H,1H3. The number of hydroxylamine groups is 1. The second-order valence-electron chi connectivity index (χ2n) is 6.77. The van der Waals surface area contributed by atoms with E-state index in [1.165, 1.54) is 0 Å². The molecule has 0 aliphatic carbocycles. The predicted molar refractivity (Wildman–Crippen MR) is 117 cm³/mol. The SMILES string of the molecule is Cc1cc(N(OC(=O)c2ccccc2)C(=O)c2ccccc2)nc(-c2ccccc2)n1. The van der Waals surface area contributed by atoms with Crippen LogP contribution >= 0.6 is 0 Å². The van der Waals surface area contributed by atoms with Gasteiger partial charge in [0.05, 0.1) is 5.56 Å². The number of benzene rings is 3. The van der Waals surface area contributed by atoms with E-state index in [-0.39, 0.29) is 5.82 Å². The zero-order valence-electron chi connectivity index (χ0n) is 16.8. The fraction of sp³-hybridized carbons (Fsp3) is 0.0400. The number of amides is 1. The first kappa shape index (κ1) is 20.0. The first-order chi connectivity index (χ1) is 15.1. The Balaban J connectivity index is 1.76. The average molecular weight is 409 g/mol. The number of aryl methyl sites for hydroxylation is 1. The maximum Gasteiger partial charge on any atom is 0.363 e. The fourth-order valence-electron chi connectivity index (χ4n) is 2.97. The van der Waals surface area contributed by atoms with Crippen LogP contribution in [-0.2, 0) is 4.84 Å². The van der Waals surface area contributed by atoms with Crippen molar-refractivity contribution in [2.75, 3.05) is 5.06 Å². The van der Waals surface area contributed by atoms with Crippen LogP contribution in [0, 0.1) is 6.92 Å². The lowest BCUT2D eigenvalue weighted by atomic mass is 10.2. The smallest absolute Gasteiger partial charge is 0.326 e. The van der Waals surface area contributed by atoms with Crippen LogP contribution in [0.4, 0.5) is 5.82 Å². The monoisotopic (exact) mass is 409 g/mol. The molecule has 0 N–H and O–H groups in total. The van der Waals surface area contributed by atoms with E-state index >= 15 is 0 Å². The highest BCUT2D eigenvalue weighted by Gasteiger charge is 2.25.